The molecule has 2 saturated heterocycles. The summed E-state index contributed by atoms with van der Waals surface area (Å²) in [6.07, 6.45) is -4.84. The molecule has 3 aliphatic heterocycles. The Labute approximate surface area is 324 Å². The summed E-state index contributed by atoms with van der Waals surface area (Å²) in [5.74, 6) is -0.989. The van der Waals surface area contributed by atoms with E-state index in [-0.39, 0.29) is 26.4 Å². The van der Waals surface area contributed by atoms with Crippen molar-refractivity contribution < 1.29 is 42.7 Å². The summed E-state index contributed by atoms with van der Waals surface area (Å²) in [6.45, 7) is 6.96. The molecule has 11 heteroatoms. The molecule has 9 atom stereocenters. The van der Waals surface area contributed by atoms with Crippen molar-refractivity contribution in [3.63, 3.8) is 0 Å². The first-order valence-electron chi connectivity index (χ1n) is 18.4. The second-order valence-corrected chi connectivity index (χ2v) is 16.6. The number of methoxy groups -OCH3 is 1. The molecule has 0 aliphatic carbocycles. The van der Waals surface area contributed by atoms with E-state index in [0.29, 0.717) is 25.5 Å². The fourth-order valence-electron chi connectivity index (χ4n) is 6.81. The molecule has 0 aromatic heterocycles. The van der Waals surface area contributed by atoms with Gasteiger partial charge in [0.05, 0.1) is 0 Å². The van der Waals surface area contributed by atoms with Crippen molar-refractivity contribution in [1.29, 1.82) is 0 Å². The fraction of sp³-hybridized carbons (Fsp3) is 0.419. The third-order valence-electron chi connectivity index (χ3n) is 9.49. The molecule has 4 aromatic carbocycles. The minimum absolute atomic E-state index is 0.199. The Bertz CT molecular complexity index is 1750. The Morgan fingerprint density at radius 2 is 1.22 bits per heavy atom. The summed E-state index contributed by atoms with van der Waals surface area (Å²) in [4.78, 5) is 5.41. The van der Waals surface area contributed by atoms with Gasteiger partial charge in [0.15, 0.2) is 0 Å². The van der Waals surface area contributed by atoms with Gasteiger partial charge in [-0.05, 0) is 0 Å². The number of hydrogen-bond donors (Lipinski definition) is 0. The van der Waals surface area contributed by atoms with Crippen molar-refractivity contribution in [2.24, 2.45) is 5.16 Å². The van der Waals surface area contributed by atoms with Crippen LogP contribution >= 0.6 is 0 Å². The van der Waals surface area contributed by atoms with Gasteiger partial charge in [-0.1, -0.05) is 0 Å². The van der Waals surface area contributed by atoms with Gasteiger partial charge < -0.3 is 0 Å². The number of fused-ring (bicyclic) bond motifs is 1. The second-order valence-electron chi connectivity index (χ2n) is 14.0. The van der Waals surface area contributed by atoms with E-state index < -0.39 is 55.0 Å². The van der Waals surface area contributed by atoms with Crippen molar-refractivity contribution in [2.75, 3.05) is 13.7 Å². The van der Waals surface area contributed by atoms with E-state index in [9.17, 15) is 0 Å². The summed E-state index contributed by atoms with van der Waals surface area (Å²) in [7, 11) is 1.60. The van der Waals surface area contributed by atoms with Crippen LogP contribution in [0, 0.1) is 0 Å². The molecule has 0 amide bonds. The summed E-state index contributed by atoms with van der Waals surface area (Å²) >= 11 is -0.199. The molecule has 7 rings (SSSR count). The van der Waals surface area contributed by atoms with Crippen molar-refractivity contribution in [3.8, 4) is 0 Å². The molecule has 2 fully saturated rings. The van der Waals surface area contributed by atoms with Crippen LogP contribution in [0.15, 0.2) is 126 Å². The van der Waals surface area contributed by atoms with Crippen molar-refractivity contribution in [2.45, 2.75) is 100 Å². The van der Waals surface area contributed by atoms with Gasteiger partial charge >= 0.3 is 325 Å². The molecule has 0 spiro atoms. The van der Waals surface area contributed by atoms with Gasteiger partial charge in [0.1, 0.15) is 0 Å². The molecule has 3 aliphatic rings. The third kappa shape index (κ3) is 9.85. The second kappa shape index (κ2) is 18.5. The fourth-order valence-corrected chi connectivity index (χ4v) is 9.40. The topological polar surface area (TPSA) is 95.4 Å². The van der Waals surface area contributed by atoms with Crippen LogP contribution in [0.2, 0.25) is 4.82 Å². The summed E-state index contributed by atoms with van der Waals surface area (Å²) in [5, 5.41) is 4.44. The Kier molecular flexibility index (Phi) is 13.3. The first-order valence-corrected chi connectivity index (χ1v) is 20.3. The quantitative estimate of drug-likeness (QED) is 0.130. The Morgan fingerprint density at radius 3 is 1.81 bits per heavy atom. The predicted octanol–water partition coefficient (Wildman–Crippen LogP) is 6.20. The molecule has 54 heavy (non-hydrogen) atoms. The van der Waals surface area contributed by atoms with Crippen LogP contribution in [0.3, 0.4) is 0 Å². The van der Waals surface area contributed by atoms with Gasteiger partial charge in [0.2, 0.25) is 0 Å². The van der Waals surface area contributed by atoms with Crippen molar-refractivity contribution in [1.82, 2.24) is 0 Å². The Hall–Kier alpha value is -3.45. The summed E-state index contributed by atoms with van der Waals surface area (Å²) < 4.78 is 54.3. The van der Waals surface area contributed by atoms with E-state index in [4.69, 9.17) is 42.7 Å². The zero-order valence-corrected chi connectivity index (χ0v) is 32.8. The van der Waals surface area contributed by atoms with E-state index in [1.54, 1.807) is 7.11 Å². The maximum atomic E-state index is 7.11. The monoisotopic (exact) mass is 803 g/mol. The van der Waals surface area contributed by atoms with Gasteiger partial charge in [-0.3, -0.25) is 0 Å². The van der Waals surface area contributed by atoms with Crippen LogP contribution in [0.1, 0.15) is 37.5 Å². The number of benzene rings is 4. The van der Waals surface area contributed by atoms with Crippen LogP contribution in [0.25, 0.3) is 0 Å². The molecule has 286 valence electrons. The number of oxime groups is 1. The predicted molar refractivity (Wildman–Crippen MR) is 204 cm³/mol. The molecule has 4 aromatic rings. The maximum absolute atomic E-state index is 7.11. The van der Waals surface area contributed by atoms with Crippen LogP contribution in [0.4, 0.5) is 0 Å². The standard InChI is InChI=1S/C43H49NO9Se/c1-29-35-37(52-43(2,3)53-44-35)39(41(45-4)49-29)51-42-40(54-33-23-15-8-16-24-33)38(48-27-32-21-13-7-14-22-32)36(47-26-31-19-11-6-12-20-31)34(50-42)28-46-25-30-17-9-5-10-18-30/h5-24,29,34,36-42H,25-28H2,1-4H3/t29-,34-,36-,37+,38+,39-,40-,41+,42+/m1/s1. The molecule has 0 saturated carbocycles. The average molecular weight is 803 g/mol. The van der Waals surface area contributed by atoms with E-state index in [1.165, 1.54) is 4.46 Å². The molecule has 10 nitrogen and oxygen atoms in total. The van der Waals surface area contributed by atoms with E-state index in [0.717, 1.165) is 16.7 Å². The van der Waals surface area contributed by atoms with Gasteiger partial charge in [0, 0.05) is 0 Å². The number of rotatable bonds is 15. The molecule has 0 radical (unpaired) electrons. The van der Waals surface area contributed by atoms with Crippen molar-refractivity contribution >= 4 is 25.1 Å². The van der Waals surface area contributed by atoms with Gasteiger partial charge in [0.25, 0.3) is 0 Å². The SMILES string of the molecule is CO[C@H]1O[C@H](C)C2=NOC(C)(C)O[C@@H]2[C@H]1O[C@@H]1O[C@H](COCc2ccccc2)[C@@H](OCc2ccccc2)[C@H](OCc2ccccc2)[C@H]1[Se]c1ccccc1. The first-order chi connectivity index (χ1) is 26.4. The van der Waals surface area contributed by atoms with Crippen LogP contribution in [-0.2, 0) is 62.6 Å². The molecular weight excluding hydrogens is 753 g/mol. The number of hydrogen-bond acceptors (Lipinski definition) is 10. The Morgan fingerprint density at radius 1 is 0.667 bits per heavy atom. The minimum atomic E-state index is -0.989. The molecule has 3 heterocycles. The average Bonchev–Trinajstić information content (AvgIpc) is 3.19. The van der Waals surface area contributed by atoms with Crippen molar-refractivity contribution in [3.05, 3.63) is 138 Å². The summed E-state index contributed by atoms with van der Waals surface area (Å²) in [5.41, 5.74) is 3.76. The van der Waals surface area contributed by atoms with E-state index >= 15 is 0 Å². The van der Waals surface area contributed by atoms with Gasteiger partial charge in [-0.2, -0.15) is 0 Å². The number of ether oxygens (including phenoxy) is 8. The van der Waals surface area contributed by atoms with Gasteiger partial charge in [-0.15, -0.1) is 0 Å². The molecule has 0 bridgehead atoms. The van der Waals surface area contributed by atoms with Gasteiger partial charge in [-0.25, -0.2) is 0 Å². The Balaban J connectivity index is 1.26. The van der Waals surface area contributed by atoms with Crippen LogP contribution in [0.5, 0.6) is 0 Å². The third-order valence-corrected chi connectivity index (χ3v) is 12.2. The molecule has 0 unspecified atom stereocenters. The summed E-state index contributed by atoms with van der Waals surface area (Å²) in [6, 6.07) is 40.8. The zero-order chi connectivity index (χ0) is 37.3. The van der Waals surface area contributed by atoms with E-state index in [2.05, 4.69) is 53.7 Å². The zero-order valence-electron chi connectivity index (χ0n) is 31.1. The number of nitrogens with zero attached hydrogens (tertiary/aromatic N) is 1. The first kappa shape index (κ1) is 38.8. The van der Waals surface area contributed by atoms with Crippen LogP contribution in [-0.4, -0.2) is 89.4 Å². The van der Waals surface area contributed by atoms with Crippen LogP contribution < -0.4 is 4.46 Å². The normalized spacial score (nSPS) is 29.1. The molecule has 0 N–H and O–H groups in total. The molecular formula is C43H49NO9Se. The van der Waals surface area contributed by atoms with E-state index in [1.807, 2.05) is 93.6 Å².